The average Bonchev–Trinajstić information content (AvgIpc) is 2.71. The largest absolute Gasteiger partial charge is 0.362 e. The summed E-state index contributed by atoms with van der Waals surface area (Å²) < 4.78 is 0. The van der Waals surface area contributed by atoms with Crippen LogP contribution in [0.15, 0.2) is 48.5 Å². The Labute approximate surface area is 166 Å². The molecule has 2 amide bonds. The third kappa shape index (κ3) is 3.26. The van der Waals surface area contributed by atoms with Gasteiger partial charge in [-0.3, -0.25) is 9.59 Å². The fraction of sp³-hybridized carbons (Fsp3) is 0.391. The quantitative estimate of drug-likeness (QED) is 0.858. The Bertz CT molecular complexity index is 886. The van der Waals surface area contributed by atoms with Gasteiger partial charge in [0.1, 0.15) is 5.66 Å². The van der Waals surface area contributed by atoms with E-state index in [1.807, 2.05) is 60.4 Å². The second kappa shape index (κ2) is 7.30. The number of benzene rings is 2. The molecule has 1 spiro atoms. The first kappa shape index (κ1) is 18.5. The van der Waals surface area contributed by atoms with Gasteiger partial charge >= 0.3 is 0 Å². The SMILES string of the molecule is CCC(C(=O)N1CCC2(CC1)NC(=O)c1cccc(C)c1N2)c1ccccc1. The molecule has 2 N–H and O–H groups in total. The van der Waals surface area contributed by atoms with Crippen molar-refractivity contribution in [1.29, 1.82) is 0 Å². The molecular formula is C23H27N3O2. The van der Waals surface area contributed by atoms with Gasteiger partial charge in [-0.2, -0.15) is 0 Å². The lowest BCUT2D eigenvalue weighted by Crippen LogP contribution is -2.63. The molecule has 1 saturated heterocycles. The molecule has 1 atom stereocenters. The predicted molar refractivity (Wildman–Crippen MR) is 110 cm³/mol. The van der Waals surface area contributed by atoms with E-state index >= 15 is 0 Å². The van der Waals surface area contributed by atoms with Crippen LogP contribution in [0.5, 0.6) is 0 Å². The average molecular weight is 377 g/mol. The Morgan fingerprint density at radius 2 is 1.79 bits per heavy atom. The molecular weight excluding hydrogens is 350 g/mol. The van der Waals surface area contributed by atoms with Gasteiger partial charge in [0.25, 0.3) is 5.91 Å². The van der Waals surface area contributed by atoms with Crippen molar-refractivity contribution < 1.29 is 9.59 Å². The van der Waals surface area contributed by atoms with Crippen LogP contribution in [-0.4, -0.2) is 35.5 Å². The van der Waals surface area contributed by atoms with Gasteiger partial charge in [-0.15, -0.1) is 0 Å². The number of nitrogens with zero attached hydrogens (tertiary/aromatic N) is 1. The summed E-state index contributed by atoms with van der Waals surface area (Å²) >= 11 is 0. The van der Waals surface area contributed by atoms with Crippen molar-refractivity contribution in [3.8, 4) is 0 Å². The van der Waals surface area contributed by atoms with Crippen LogP contribution in [0.3, 0.4) is 0 Å². The third-order valence-corrected chi connectivity index (χ3v) is 6.07. The van der Waals surface area contributed by atoms with Crippen molar-refractivity contribution in [2.75, 3.05) is 18.4 Å². The minimum Gasteiger partial charge on any atom is -0.362 e. The number of piperidine rings is 1. The van der Waals surface area contributed by atoms with Crippen LogP contribution in [-0.2, 0) is 4.79 Å². The monoisotopic (exact) mass is 377 g/mol. The number of hydrogen-bond acceptors (Lipinski definition) is 3. The Morgan fingerprint density at radius 3 is 2.46 bits per heavy atom. The van der Waals surface area contributed by atoms with Crippen molar-refractivity contribution in [2.45, 2.75) is 44.7 Å². The third-order valence-electron chi connectivity index (χ3n) is 6.07. The molecule has 0 aromatic heterocycles. The van der Waals surface area contributed by atoms with Gasteiger partial charge in [0.2, 0.25) is 5.91 Å². The summed E-state index contributed by atoms with van der Waals surface area (Å²) in [6, 6.07) is 15.8. The van der Waals surface area contributed by atoms with E-state index in [0.29, 0.717) is 31.5 Å². The number of para-hydroxylation sites is 1. The molecule has 0 aliphatic carbocycles. The van der Waals surface area contributed by atoms with Crippen molar-refractivity contribution >= 4 is 17.5 Å². The van der Waals surface area contributed by atoms with Gasteiger partial charge in [0.15, 0.2) is 0 Å². The highest BCUT2D eigenvalue weighted by Crippen LogP contribution is 2.34. The molecule has 2 aromatic carbocycles. The number of carbonyl (C=O) groups excluding carboxylic acids is 2. The highest BCUT2D eigenvalue weighted by atomic mass is 16.2. The minimum absolute atomic E-state index is 0.0343. The van der Waals surface area contributed by atoms with Gasteiger partial charge in [0.05, 0.1) is 17.2 Å². The summed E-state index contributed by atoms with van der Waals surface area (Å²) in [5, 5.41) is 6.74. The second-order valence-electron chi connectivity index (χ2n) is 7.86. The Hall–Kier alpha value is -2.82. The summed E-state index contributed by atoms with van der Waals surface area (Å²) in [4.78, 5) is 27.7. The second-order valence-corrected chi connectivity index (χ2v) is 7.86. The summed E-state index contributed by atoms with van der Waals surface area (Å²) in [6.07, 6.45) is 2.18. The van der Waals surface area contributed by atoms with E-state index in [9.17, 15) is 9.59 Å². The number of carbonyl (C=O) groups is 2. The summed E-state index contributed by atoms with van der Waals surface area (Å²) in [6.45, 7) is 5.35. The van der Waals surface area contributed by atoms with Crippen molar-refractivity contribution in [2.24, 2.45) is 0 Å². The van der Waals surface area contributed by atoms with E-state index in [2.05, 4.69) is 17.6 Å². The van der Waals surface area contributed by atoms with Crippen molar-refractivity contribution in [1.82, 2.24) is 10.2 Å². The molecule has 5 heteroatoms. The summed E-state index contributed by atoms with van der Waals surface area (Å²) in [7, 11) is 0. The van der Waals surface area contributed by atoms with Crippen LogP contribution in [0.25, 0.3) is 0 Å². The zero-order chi connectivity index (χ0) is 19.7. The molecule has 2 heterocycles. The van der Waals surface area contributed by atoms with E-state index in [1.54, 1.807) is 0 Å². The smallest absolute Gasteiger partial charge is 0.255 e. The fourth-order valence-electron chi connectivity index (χ4n) is 4.40. The van der Waals surface area contributed by atoms with Gasteiger partial charge in [-0.1, -0.05) is 49.4 Å². The first-order valence-electron chi connectivity index (χ1n) is 10.1. The lowest BCUT2D eigenvalue weighted by atomic mass is 9.89. The molecule has 2 aliphatic rings. The summed E-state index contributed by atoms with van der Waals surface area (Å²) in [5.41, 5.74) is 3.28. The first-order valence-corrected chi connectivity index (χ1v) is 10.1. The number of nitrogens with one attached hydrogen (secondary N) is 2. The van der Waals surface area contributed by atoms with Gasteiger partial charge in [-0.25, -0.2) is 0 Å². The van der Waals surface area contributed by atoms with Crippen LogP contribution in [0.1, 0.15) is 53.6 Å². The molecule has 1 fully saturated rings. The fourth-order valence-corrected chi connectivity index (χ4v) is 4.40. The van der Waals surface area contributed by atoms with Crippen molar-refractivity contribution in [3.63, 3.8) is 0 Å². The number of aryl methyl sites for hydroxylation is 1. The lowest BCUT2D eigenvalue weighted by molar-refractivity contribution is -0.134. The Kier molecular flexibility index (Phi) is 4.84. The first-order chi connectivity index (χ1) is 13.5. The highest BCUT2D eigenvalue weighted by molar-refractivity contribution is 6.03. The maximum Gasteiger partial charge on any atom is 0.255 e. The minimum atomic E-state index is -0.471. The van der Waals surface area contributed by atoms with E-state index < -0.39 is 5.66 Å². The normalized spacial score (nSPS) is 18.8. The van der Waals surface area contributed by atoms with Crippen molar-refractivity contribution in [3.05, 3.63) is 65.2 Å². The van der Waals surface area contributed by atoms with Crippen LogP contribution >= 0.6 is 0 Å². The molecule has 0 radical (unpaired) electrons. The molecule has 0 saturated carbocycles. The van der Waals surface area contributed by atoms with Gasteiger partial charge < -0.3 is 15.5 Å². The highest BCUT2D eigenvalue weighted by Gasteiger charge is 2.42. The molecule has 0 bridgehead atoms. The standard InChI is InChI=1S/C23H27N3O2/c1-3-18(17-9-5-4-6-10-17)22(28)26-14-12-23(13-15-26)24-20-16(2)8-7-11-19(20)21(27)25-23/h4-11,18,24H,3,12-15H2,1-2H3,(H,25,27). The number of hydrogen-bond donors (Lipinski definition) is 2. The van der Waals surface area contributed by atoms with Crippen LogP contribution in [0, 0.1) is 6.92 Å². The molecule has 5 nitrogen and oxygen atoms in total. The molecule has 2 aromatic rings. The Balaban J connectivity index is 1.48. The number of amides is 2. The number of fused-ring (bicyclic) bond motifs is 1. The maximum atomic E-state index is 13.1. The predicted octanol–water partition coefficient (Wildman–Crippen LogP) is 3.66. The van der Waals surface area contributed by atoms with E-state index in [1.165, 1.54) is 0 Å². The topological polar surface area (TPSA) is 61.4 Å². The number of likely N-dealkylation sites (tertiary alicyclic amines) is 1. The van der Waals surface area contributed by atoms with Crippen LogP contribution in [0.4, 0.5) is 5.69 Å². The lowest BCUT2D eigenvalue weighted by Gasteiger charge is -2.46. The molecule has 146 valence electrons. The van der Waals surface area contributed by atoms with Gasteiger partial charge in [-0.05, 0) is 30.5 Å². The molecule has 28 heavy (non-hydrogen) atoms. The maximum absolute atomic E-state index is 13.1. The van der Waals surface area contributed by atoms with E-state index in [4.69, 9.17) is 0 Å². The number of rotatable bonds is 3. The molecule has 1 unspecified atom stereocenters. The van der Waals surface area contributed by atoms with Crippen LogP contribution < -0.4 is 10.6 Å². The summed E-state index contributed by atoms with van der Waals surface area (Å²) in [5.74, 6) is 0.0438. The Morgan fingerprint density at radius 1 is 1.07 bits per heavy atom. The zero-order valence-electron chi connectivity index (χ0n) is 16.5. The number of anilines is 1. The molecule has 4 rings (SSSR count). The van der Waals surface area contributed by atoms with E-state index in [0.717, 1.165) is 23.2 Å². The van der Waals surface area contributed by atoms with Gasteiger partial charge in [0, 0.05) is 25.9 Å². The molecule has 2 aliphatic heterocycles. The van der Waals surface area contributed by atoms with Crippen LogP contribution in [0.2, 0.25) is 0 Å². The zero-order valence-corrected chi connectivity index (χ0v) is 16.5. The van der Waals surface area contributed by atoms with E-state index in [-0.39, 0.29) is 17.7 Å².